The fraction of sp³-hybridized carbons (Fsp3) is 0.750. The molecule has 1 aliphatic rings. The SMILES string of the molecule is CCNc1nc(C)cn1CC1(C)CCCS1. The largest absolute Gasteiger partial charge is 0.356 e. The molecule has 1 N–H and O–H groups in total. The molecule has 16 heavy (non-hydrogen) atoms. The van der Waals surface area contributed by atoms with Crippen molar-refractivity contribution in [2.45, 2.75) is 44.9 Å². The van der Waals surface area contributed by atoms with Gasteiger partial charge in [0.2, 0.25) is 5.95 Å². The molecule has 0 amide bonds. The standard InChI is InChI=1S/C12H21N3S/c1-4-13-11-14-10(2)8-15(11)9-12(3)6-5-7-16-12/h8H,4-7,9H2,1-3H3,(H,13,14). The fourth-order valence-corrected chi connectivity index (χ4v) is 3.59. The molecule has 1 unspecified atom stereocenters. The molecule has 3 nitrogen and oxygen atoms in total. The van der Waals surface area contributed by atoms with Gasteiger partial charge in [0.25, 0.3) is 0 Å². The van der Waals surface area contributed by atoms with Crippen molar-refractivity contribution in [3.8, 4) is 0 Å². The molecule has 1 atom stereocenters. The molecule has 0 aliphatic carbocycles. The summed E-state index contributed by atoms with van der Waals surface area (Å²) >= 11 is 2.10. The molecular weight excluding hydrogens is 218 g/mol. The maximum absolute atomic E-state index is 4.52. The van der Waals surface area contributed by atoms with Crippen LogP contribution in [0.4, 0.5) is 5.95 Å². The van der Waals surface area contributed by atoms with E-state index in [-0.39, 0.29) is 0 Å². The Morgan fingerprint density at radius 1 is 1.62 bits per heavy atom. The van der Waals surface area contributed by atoms with Gasteiger partial charge in [-0.3, -0.25) is 0 Å². The van der Waals surface area contributed by atoms with Crippen molar-refractivity contribution < 1.29 is 0 Å². The van der Waals surface area contributed by atoms with Gasteiger partial charge in [-0.05, 0) is 39.4 Å². The maximum atomic E-state index is 4.52. The smallest absolute Gasteiger partial charge is 0.203 e. The topological polar surface area (TPSA) is 29.9 Å². The third-order valence-corrected chi connectivity index (χ3v) is 4.56. The van der Waals surface area contributed by atoms with Crippen LogP contribution in [-0.4, -0.2) is 26.6 Å². The van der Waals surface area contributed by atoms with Gasteiger partial charge in [0, 0.05) is 24.0 Å². The van der Waals surface area contributed by atoms with E-state index in [9.17, 15) is 0 Å². The first-order valence-corrected chi connectivity index (χ1v) is 7.03. The maximum Gasteiger partial charge on any atom is 0.203 e. The minimum Gasteiger partial charge on any atom is -0.356 e. The van der Waals surface area contributed by atoms with E-state index in [0.29, 0.717) is 4.75 Å². The molecule has 1 aromatic rings. The average Bonchev–Trinajstić information content (AvgIpc) is 2.76. The van der Waals surface area contributed by atoms with Crippen LogP contribution in [0.15, 0.2) is 6.20 Å². The zero-order valence-electron chi connectivity index (χ0n) is 10.4. The number of thioether (sulfide) groups is 1. The first-order valence-electron chi connectivity index (χ1n) is 6.04. The summed E-state index contributed by atoms with van der Waals surface area (Å²) < 4.78 is 2.68. The molecule has 0 saturated carbocycles. The molecule has 2 heterocycles. The second-order valence-corrected chi connectivity index (χ2v) is 6.45. The van der Waals surface area contributed by atoms with Crippen LogP contribution in [0.3, 0.4) is 0 Å². The van der Waals surface area contributed by atoms with Crippen LogP contribution >= 0.6 is 11.8 Å². The molecule has 4 heteroatoms. The summed E-state index contributed by atoms with van der Waals surface area (Å²) in [5.41, 5.74) is 1.10. The van der Waals surface area contributed by atoms with Crippen molar-refractivity contribution in [3.63, 3.8) is 0 Å². The summed E-state index contributed by atoms with van der Waals surface area (Å²) in [5.74, 6) is 2.33. The van der Waals surface area contributed by atoms with Gasteiger partial charge in [-0.2, -0.15) is 11.8 Å². The lowest BCUT2D eigenvalue weighted by molar-refractivity contribution is 0.513. The van der Waals surface area contributed by atoms with E-state index in [2.05, 4.69) is 53.6 Å². The third kappa shape index (κ3) is 2.54. The number of aryl methyl sites for hydroxylation is 1. The van der Waals surface area contributed by atoms with Gasteiger partial charge >= 0.3 is 0 Å². The molecule has 0 radical (unpaired) electrons. The quantitative estimate of drug-likeness (QED) is 0.876. The molecule has 0 spiro atoms. The Bertz CT molecular complexity index is 353. The monoisotopic (exact) mass is 239 g/mol. The highest BCUT2D eigenvalue weighted by atomic mass is 32.2. The van der Waals surface area contributed by atoms with E-state index in [1.165, 1.54) is 18.6 Å². The van der Waals surface area contributed by atoms with E-state index in [1.54, 1.807) is 0 Å². The minimum atomic E-state index is 0.400. The number of rotatable bonds is 4. The highest BCUT2D eigenvalue weighted by Gasteiger charge is 2.30. The van der Waals surface area contributed by atoms with Crippen molar-refractivity contribution in [3.05, 3.63) is 11.9 Å². The number of aromatic nitrogens is 2. The number of nitrogens with one attached hydrogen (secondary N) is 1. The Kier molecular flexibility index (Phi) is 3.47. The number of nitrogens with zero attached hydrogens (tertiary/aromatic N) is 2. The normalized spacial score (nSPS) is 24.9. The molecule has 2 rings (SSSR count). The summed E-state index contributed by atoms with van der Waals surface area (Å²) in [5, 5.41) is 3.33. The Morgan fingerprint density at radius 2 is 2.44 bits per heavy atom. The molecule has 1 fully saturated rings. The number of anilines is 1. The van der Waals surface area contributed by atoms with Gasteiger partial charge in [-0.15, -0.1) is 0 Å². The Morgan fingerprint density at radius 3 is 3.06 bits per heavy atom. The lowest BCUT2D eigenvalue weighted by atomic mass is 10.1. The third-order valence-electron chi connectivity index (χ3n) is 3.04. The summed E-state index contributed by atoms with van der Waals surface area (Å²) in [6, 6.07) is 0. The second-order valence-electron chi connectivity index (χ2n) is 4.77. The van der Waals surface area contributed by atoms with Gasteiger partial charge < -0.3 is 9.88 Å². The molecule has 1 aliphatic heterocycles. The van der Waals surface area contributed by atoms with E-state index in [1.807, 2.05) is 0 Å². The second kappa shape index (κ2) is 4.70. The first-order chi connectivity index (χ1) is 7.63. The van der Waals surface area contributed by atoms with Crippen molar-refractivity contribution in [2.24, 2.45) is 0 Å². The number of hydrogen-bond acceptors (Lipinski definition) is 3. The van der Waals surface area contributed by atoms with E-state index < -0.39 is 0 Å². The lowest BCUT2D eigenvalue weighted by Crippen LogP contribution is -2.24. The van der Waals surface area contributed by atoms with Gasteiger partial charge in [-0.1, -0.05) is 0 Å². The summed E-state index contributed by atoms with van der Waals surface area (Å²) in [7, 11) is 0. The van der Waals surface area contributed by atoms with E-state index in [0.717, 1.165) is 24.7 Å². The lowest BCUT2D eigenvalue weighted by Gasteiger charge is -2.24. The highest BCUT2D eigenvalue weighted by molar-refractivity contribution is 8.00. The van der Waals surface area contributed by atoms with Crippen LogP contribution in [0.5, 0.6) is 0 Å². The summed E-state index contributed by atoms with van der Waals surface area (Å²) in [4.78, 5) is 4.52. The van der Waals surface area contributed by atoms with Crippen LogP contribution in [0, 0.1) is 6.92 Å². The van der Waals surface area contributed by atoms with Crippen molar-refractivity contribution in [1.29, 1.82) is 0 Å². The predicted octanol–water partition coefficient (Wildman–Crippen LogP) is 2.91. The zero-order valence-corrected chi connectivity index (χ0v) is 11.2. The fourth-order valence-electron chi connectivity index (χ4n) is 2.29. The molecule has 0 bridgehead atoms. The highest BCUT2D eigenvalue weighted by Crippen LogP contribution is 2.39. The molecule has 90 valence electrons. The minimum absolute atomic E-state index is 0.400. The van der Waals surface area contributed by atoms with Crippen molar-refractivity contribution in [2.75, 3.05) is 17.6 Å². The summed E-state index contributed by atoms with van der Waals surface area (Å²) in [6.45, 7) is 8.54. The van der Waals surface area contributed by atoms with Crippen LogP contribution in [0.2, 0.25) is 0 Å². The van der Waals surface area contributed by atoms with Crippen molar-refractivity contribution >= 4 is 17.7 Å². The van der Waals surface area contributed by atoms with Gasteiger partial charge in [0.1, 0.15) is 0 Å². The van der Waals surface area contributed by atoms with Crippen LogP contribution in [0.25, 0.3) is 0 Å². The molecular formula is C12H21N3S. The van der Waals surface area contributed by atoms with E-state index >= 15 is 0 Å². The van der Waals surface area contributed by atoms with E-state index in [4.69, 9.17) is 0 Å². The number of imidazole rings is 1. The van der Waals surface area contributed by atoms with Crippen LogP contribution < -0.4 is 5.32 Å². The zero-order chi connectivity index (χ0) is 11.6. The van der Waals surface area contributed by atoms with Crippen molar-refractivity contribution in [1.82, 2.24) is 9.55 Å². The predicted molar refractivity (Wildman–Crippen MR) is 71.2 cm³/mol. The molecule has 1 saturated heterocycles. The molecule has 0 aromatic carbocycles. The van der Waals surface area contributed by atoms with Gasteiger partial charge in [0.15, 0.2) is 0 Å². The van der Waals surface area contributed by atoms with Crippen LogP contribution in [0.1, 0.15) is 32.4 Å². The summed E-state index contributed by atoms with van der Waals surface area (Å²) in [6.07, 6.45) is 4.83. The Labute approximate surface area is 102 Å². The first kappa shape index (κ1) is 11.8. The van der Waals surface area contributed by atoms with Crippen LogP contribution in [-0.2, 0) is 6.54 Å². The Balaban J connectivity index is 2.13. The van der Waals surface area contributed by atoms with Gasteiger partial charge in [-0.25, -0.2) is 4.98 Å². The number of hydrogen-bond donors (Lipinski definition) is 1. The average molecular weight is 239 g/mol. The molecule has 1 aromatic heterocycles. The Hall–Kier alpha value is -0.640. The van der Waals surface area contributed by atoms with Gasteiger partial charge in [0.05, 0.1) is 5.69 Å².